The highest BCUT2D eigenvalue weighted by atomic mass is 16.5. The molecule has 1 rings (SSSR count). The van der Waals surface area contributed by atoms with Gasteiger partial charge in [0.1, 0.15) is 0 Å². The average Bonchev–Trinajstić information content (AvgIpc) is 2.30. The Morgan fingerprint density at radius 3 is 2.69 bits per heavy atom. The number of carbonyl (C=O) groups is 1. The first-order chi connectivity index (χ1) is 7.77. The Morgan fingerprint density at radius 2 is 2.12 bits per heavy atom. The molecule has 1 aliphatic rings. The van der Waals surface area contributed by atoms with Gasteiger partial charge < -0.3 is 15.4 Å². The van der Waals surface area contributed by atoms with Crippen molar-refractivity contribution in [3.63, 3.8) is 0 Å². The van der Waals surface area contributed by atoms with E-state index in [1.807, 2.05) is 4.90 Å². The minimum atomic E-state index is 0.281. The van der Waals surface area contributed by atoms with Crippen LogP contribution in [0.3, 0.4) is 0 Å². The van der Waals surface area contributed by atoms with Crippen molar-refractivity contribution in [1.29, 1.82) is 0 Å². The van der Waals surface area contributed by atoms with Crippen LogP contribution in [0, 0.1) is 5.92 Å². The highest BCUT2D eigenvalue weighted by molar-refractivity contribution is 5.76. The zero-order chi connectivity index (χ0) is 11.8. The normalized spacial score (nSPS) is 17.8. The van der Waals surface area contributed by atoms with Crippen molar-refractivity contribution in [1.82, 2.24) is 4.90 Å². The second kappa shape index (κ2) is 7.63. The molecule has 0 aliphatic carbocycles. The van der Waals surface area contributed by atoms with Crippen LogP contribution in [0.2, 0.25) is 0 Å². The van der Waals surface area contributed by atoms with Crippen molar-refractivity contribution >= 4 is 5.91 Å². The molecule has 0 aromatic carbocycles. The predicted octanol–water partition coefficient (Wildman–Crippen LogP) is 1.00. The van der Waals surface area contributed by atoms with E-state index in [2.05, 4.69) is 0 Å². The molecule has 94 valence electrons. The summed E-state index contributed by atoms with van der Waals surface area (Å²) < 4.78 is 4.94. The zero-order valence-corrected chi connectivity index (χ0v) is 10.3. The summed E-state index contributed by atoms with van der Waals surface area (Å²) in [4.78, 5) is 13.8. The van der Waals surface area contributed by atoms with E-state index in [1.165, 1.54) is 0 Å². The van der Waals surface area contributed by atoms with E-state index >= 15 is 0 Å². The molecule has 16 heavy (non-hydrogen) atoms. The Hall–Kier alpha value is -0.610. The van der Waals surface area contributed by atoms with Crippen LogP contribution < -0.4 is 5.73 Å². The van der Waals surface area contributed by atoms with E-state index in [1.54, 1.807) is 7.11 Å². The van der Waals surface area contributed by atoms with Crippen molar-refractivity contribution in [3.8, 4) is 0 Å². The molecule has 0 saturated carbocycles. The number of amides is 1. The van der Waals surface area contributed by atoms with Crippen LogP contribution in [-0.2, 0) is 9.53 Å². The third-order valence-corrected chi connectivity index (χ3v) is 3.28. The SMILES string of the molecule is COCCCC(=O)N1CCC(CCN)CC1. The minimum absolute atomic E-state index is 0.281. The lowest BCUT2D eigenvalue weighted by Gasteiger charge is -2.32. The van der Waals surface area contributed by atoms with Crippen LogP contribution in [0.4, 0.5) is 0 Å². The Labute approximate surface area is 98.1 Å². The van der Waals surface area contributed by atoms with Gasteiger partial charge in [-0.25, -0.2) is 0 Å². The third kappa shape index (κ3) is 4.49. The number of nitrogens with zero attached hydrogens (tertiary/aromatic N) is 1. The highest BCUT2D eigenvalue weighted by Gasteiger charge is 2.21. The molecule has 0 aromatic heterocycles. The second-order valence-corrected chi connectivity index (χ2v) is 4.50. The number of nitrogens with two attached hydrogens (primary N) is 1. The number of rotatable bonds is 6. The summed E-state index contributed by atoms with van der Waals surface area (Å²) >= 11 is 0. The quantitative estimate of drug-likeness (QED) is 0.690. The van der Waals surface area contributed by atoms with Crippen LogP contribution in [-0.4, -0.2) is 44.2 Å². The first-order valence-electron chi connectivity index (χ1n) is 6.24. The zero-order valence-electron chi connectivity index (χ0n) is 10.3. The molecule has 0 atom stereocenters. The number of methoxy groups -OCH3 is 1. The summed E-state index contributed by atoms with van der Waals surface area (Å²) in [6.07, 6.45) is 4.79. The van der Waals surface area contributed by atoms with Crippen LogP contribution in [0.1, 0.15) is 32.1 Å². The van der Waals surface area contributed by atoms with Crippen LogP contribution in [0.5, 0.6) is 0 Å². The standard InChI is InChI=1S/C12H24N2O2/c1-16-10-2-3-12(15)14-8-5-11(4-7-13)6-9-14/h11H,2-10,13H2,1H3. The van der Waals surface area contributed by atoms with Gasteiger partial charge in [0.25, 0.3) is 0 Å². The lowest BCUT2D eigenvalue weighted by molar-refractivity contribution is -0.132. The van der Waals surface area contributed by atoms with Gasteiger partial charge in [-0.3, -0.25) is 4.79 Å². The molecular formula is C12H24N2O2. The van der Waals surface area contributed by atoms with E-state index in [9.17, 15) is 4.79 Å². The number of likely N-dealkylation sites (tertiary alicyclic amines) is 1. The maximum absolute atomic E-state index is 11.8. The van der Waals surface area contributed by atoms with Gasteiger partial charge >= 0.3 is 0 Å². The highest BCUT2D eigenvalue weighted by Crippen LogP contribution is 2.20. The Morgan fingerprint density at radius 1 is 1.44 bits per heavy atom. The van der Waals surface area contributed by atoms with Crippen molar-refractivity contribution in [3.05, 3.63) is 0 Å². The van der Waals surface area contributed by atoms with Crippen molar-refractivity contribution in [2.75, 3.05) is 33.4 Å². The monoisotopic (exact) mass is 228 g/mol. The minimum Gasteiger partial charge on any atom is -0.385 e. The molecule has 2 N–H and O–H groups in total. The summed E-state index contributed by atoms with van der Waals surface area (Å²) in [6.45, 7) is 3.27. The van der Waals surface area contributed by atoms with Crippen molar-refractivity contribution < 1.29 is 9.53 Å². The summed E-state index contributed by atoms with van der Waals surface area (Å²) in [6, 6.07) is 0. The van der Waals surface area contributed by atoms with Gasteiger partial charge in [0.05, 0.1) is 0 Å². The molecule has 1 heterocycles. The molecule has 4 nitrogen and oxygen atoms in total. The molecule has 1 amide bonds. The molecule has 0 bridgehead atoms. The number of carbonyl (C=O) groups excluding carboxylic acids is 1. The van der Waals surface area contributed by atoms with Gasteiger partial charge in [-0.15, -0.1) is 0 Å². The number of hydrogen-bond donors (Lipinski definition) is 1. The maximum Gasteiger partial charge on any atom is 0.222 e. The number of hydrogen-bond acceptors (Lipinski definition) is 3. The van der Waals surface area contributed by atoms with Gasteiger partial charge in [0.15, 0.2) is 0 Å². The Balaban J connectivity index is 2.17. The first-order valence-corrected chi connectivity index (χ1v) is 6.24. The second-order valence-electron chi connectivity index (χ2n) is 4.50. The van der Waals surface area contributed by atoms with Gasteiger partial charge in [-0.2, -0.15) is 0 Å². The van der Waals surface area contributed by atoms with Crippen LogP contribution >= 0.6 is 0 Å². The Bertz CT molecular complexity index is 201. The lowest BCUT2D eigenvalue weighted by atomic mass is 9.93. The summed E-state index contributed by atoms with van der Waals surface area (Å²) in [5, 5.41) is 0. The van der Waals surface area contributed by atoms with Gasteiger partial charge in [0, 0.05) is 33.2 Å². The topological polar surface area (TPSA) is 55.6 Å². The fourth-order valence-corrected chi connectivity index (χ4v) is 2.23. The maximum atomic E-state index is 11.8. The van der Waals surface area contributed by atoms with Gasteiger partial charge in [-0.1, -0.05) is 0 Å². The first kappa shape index (κ1) is 13.5. The lowest BCUT2D eigenvalue weighted by Crippen LogP contribution is -2.38. The molecule has 0 spiro atoms. The molecule has 1 fully saturated rings. The predicted molar refractivity (Wildman–Crippen MR) is 64.1 cm³/mol. The number of piperidine rings is 1. The molecule has 0 aromatic rings. The van der Waals surface area contributed by atoms with E-state index in [0.29, 0.717) is 13.0 Å². The van der Waals surface area contributed by atoms with E-state index in [4.69, 9.17) is 10.5 Å². The number of ether oxygens (including phenoxy) is 1. The van der Waals surface area contributed by atoms with E-state index in [0.717, 1.165) is 51.2 Å². The van der Waals surface area contributed by atoms with Gasteiger partial charge in [0.2, 0.25) is 5.91 Å². The van der Waals surface area contributed by atoms with Crippen molar-refractivity contribution in [2.45, 2.75) is 32.1 Å². The van der Waals surface area contributed by atoms with Crippen LogP contribution in [0.15, 0.2) is 0 Å². The van der Waals surface area contributed by atoms with Crippen molar-refractivity contribution in [2.24, 2.45) is 11.7 Å². The summed E-state index contributed by atoms with van der Waals surface area (Å²) in [5.41, 5.74) is 5.54. The third-order valence-electron chi connectivity index (χ3n) is 3.28. The van der Waals surface area contributed by atoms with Crippen LogP contribution in [0.25, 0.3) is 0 Å². The molecule has 4 heteroatoms. The summed E-state index contributed by atoms with van der Waals surface area (Å²) in [5.74, 6) is 1.01. The molecule has 1 aliphatic heterocycles. The van der Waals surface area contributed by atoms with E-state index in [-0.39, 0.29) is 5.91 Å². The molecular weight excluding hydrogens is 204 g/mol. The smallest absolute Gasteiger partial charge is 0.222 e. The average molecular weight is 228 g/mol. The summed E-state index contributed by atoms with van der Waals surface area (Å²) in [7, 11) is 1.67. The van der Waals surface area contributed by atoms with Gasteiger partial charge in [-0.05, 0) is 38.1 Å². The molecule has 0 radical (unpaired) electrons. The largest absolute Gasteiger partial charge is 0.385 e. The fourth-order valence-electron chi connectivity index (χ4n) is 2.23. The Kier molecular flexibility index (Phi) is 6.42. The van der Waals surface area contributed by atoms with E-state index < -0.39 is 0 Å². The fraction of sp³-hybridized carbons (Fsp3) is 0.917. The molecule has 0 unspecified atom stereocenters. The molecule has 1 saturated heterocycles.